The summed E-state index contributed by atoms with van der Waals surface area (Å²) >= 11 is 1.17. The first kappa shape index (κ1) is 25.0. The number of esters is 1. The van der Waals surface area contributed by atoms with Gasteiger partial charge in [0.2, 0.25) is 0 Å². The van der Waals surface area contributed by atoms with Gasteiger partial charge in [0.05, 0.1) is 6.42 Å². The second-order valence-corrected chi connectivity index (χ2v) is 10.1. The van der Waals surface area contributed by atoms with Crippen molar-refractivity contribution in [3.05, 3.63) is 35.4 Å². The van der Waals surface area contributed by atoms with Crippen molar-refractivity contribution in [2.45, 2.75) is 78.6 Å². The zero-order valence-corrected chi connectivity index (χ0v) is 19.3. The average molecular weight is 424 g/mol. The molecule has 1 aromatic carbocycles. The van der Waals surface area contributed by atoms with E-state index in [-0.39, 0.29) is 23.5 Å². The summed E-state index contributed by atoms with van der Waals surface area (Å²) in [6, 6.07) is 7.34. The third kappa shape index (κ3) is 12.2. The standard InChI is InChI=1S/C22H33NO5S/c1-15(24)29-14-18(23-20(26)28-22(5,6)7)12-16-8-10-17(11-9-16)13-19(25)27-21(2,3)4/h8-11,18H,12-14H2,1-7H3,(H,23,26). The molecule has 0 aliphatic rings. The average Bonchev–Trinajstić information content (AvgIpc) is 2.50. The fraction of sp³-hybridized carbons (Fsp3) is 0.591. The summed E-state index contributed by atoms with van der Waals surface area (Å²) < 4.78 is 10.7. The van der Waals surface area contributed by atoms with Crippen LogP contribution < -0.4 is 5.32 Å². The molecule has 0 aliphatic heterocycles. The van der Waals surface area contributed by atoms with Gasteiger partial charge < -0.3 is 14.8 Å². The lowest BCUT2D eigenvalue weighted by atomic mass is 10.0. The Morgan fingerprint density at radius 1 is 0.931 bits per heavy atom. The first-order valence-corrected chi connectivity index (χ1v) is 10.6. The van der Waals surface area contributed by atoms with Crippen molar-refractivity contribution in [3.63, 3.8) is 0 Å². The zero-order valence-electron chi connectivity index (χ0n) is 18.5. The smallest absolute Gasteiger partial charge is 0.407 e. The van der Waals surface area contributed by atoms with Crippen molar-refractivity contribution >= 4 is 28.9 Å². The maximum absolute atomic E-state index is 12.1. The van der Waals surface area contributed by atoms with Crippen LogP contribution in [0.4, 0.5) is 4.79 Å². The van der Waals surface area contributed by atoms with Gasteiger partial charge in [-0.25, -0.2) is 4.79 Å². The number of carbonyl (C=O) groups is 3. The normalized spacial score (nSPS) is 12.8. The van der Waals surface area contributed by atoms with Crippen LogP contribution in [0.25, 0.3) is 0 Å². The number of ether oxygens (including phenoxy) is 2. The number of hydrogen-bond donors (Lipinski definition) is 1. The first-order valence-electron chi connectivity index (χ1n) is 9.66. The number of nitrogens with one attached hydrogen (secondary N) is 1. The molecule has 1 rings (SSSR count). The summed E-state index contributed by atoms with van der Waals surface area (Å²) in [6.45, 7) is 12.4. The van der Waals surface area contributed by atoms with E-state index in [4.69, 9.17) is 9.47 Å². The van der Waals surface area contributed by atoms with Crippen molar-refractivity contribution in [2.75, 3.05) is 5.75 Å². The number of amides is 1. The molecule has 0 heterocycles. The van der Waals surface area contributed by atoms with Crippen LogP contribution in [0.15, 0.2) is 24.3 Å². The lowest BCUT2D eigenvalue weighted by Crippen LogP contribution is -2.41. The summed E-state index contributed by atoms with van der Waals surface area (Å²) in [7, 11) is 0. The van der Waals surface area contributed by atoms with E-state index in [9.17, 15) is 14.4 Å². The van der Waals surface area contributed by atoms with E-state index >= 15 is 0 Å². The molecule has 0 bridgehead atoms. The van der Waals surface area contributed by atoms with Gasteiger partial charge in [0.25, 0.3) is 0 Å². The highest BCUT2D eigenvalue weighted by Crippen LogP contribution is 2.15. The summed E-state index contributed by atoms with van der Waals surface area (Å²) in [5, 5.41) is 2.84. The Bertz CT molecular complexity index is 701. The van der Waals surface area contributed by atoms with Crippen LogP contribution in [0, 0.1) is 0 Å². The molecule has 0 aliphatic carbocycles. The van der Waals surface area contributed by atoms with Crippen LogP contribution >= 0.6 is 11.8 Å². The zero-order chi connectivity index (χ0) is 22.2. The van der Waals surface area contributed by atoms with Crippen molar-refractivity contribution in [1.82, 2.24) is 5.32 Å². The highest BCUT2D eigenvalue weighted by atomic mass is 32.2. The van der Waals surface area contributed by atoms with Gasteiger partial charge in [-0.15, -0.1) is 0 Å². The van der Waals surface area contributed by atoms with E-state index < -0.39 is 17.3 Å². The molecule has 0 aromatic heterocycles. The number of alkyl carbamates (subject to hydrolysis) is 1. The Labute approximate surface area is 178 Å². The molecule has 0 saturated heterocycles. The summed E-state index contributed by atoms with van der Waals surface area (Å²) in [4.78, 5) is 35.4. The molecule has 162 valence electrons. The number of benzene rings is 1. The molecular formula is C22H33NO5S. The van der Waals surface area contributed by atoms with E-state index in [0.29, 0.717) is 12.2 Å². The van der Waals surface area contributed by atoms with Crippen LogP contribution in [0.3, 0.4) is 0 Å². The van der Waals surface area contributed by atoms with Gasteiger partial charge >= 0.3 is 12.1 Å². The third-order valence-corrected chi connectivity index (χ3v) is 4.46. The predicted molar refractivity (Wildman–Crippen MR) is 116 cm³/mol. The van der Waals surface area contributed by atoms with Crippen molar-refractivity contribution < 1.29 is 23.9 Å². The lowest BCUT2D eigenvalue weighted by Gasteiger charge is -2.23. The minimum atomic E-state index is -0.592. The Kier molecular flexibility index (Phi) is 9.20. The Morgan fingerprint density at radius 2 is 1.45 bits per heavy atom. The minimum Gasteiger partial charge on any atom is -0.460 e. The summed E-state index contributed by atoms with van der Waals surface area (Å²) in [5.41, 5.74) is 0.748. The lowest BCUT2D eigenvalue weighted by molar-refractivity contribution is -0.153. The van der Waals surface area contributed by atoms with Crippen molar-refractivity contribution in [3.8, 4) is 0 Å². The molecule has 29 heavy (non-hydrogen) atoms. The SMILES string of the molecule is CC(=O)SCC(Cc1ccc(CC(=O)OC(C)(C)C)cc1)NC(=O)OC(C)(C)C. The molecule has 0 fully saturated rings. The fourth-order valence-electron chi connectivity index (χ4n) is 2.47. The van der Waals surface area contributed by atoms with Crippen LogP contribution in [-0.2, 0) is 31.9 Å². The predicted octanol–water partition coefficient (Wildman–Crippen LogP) is 4.29. The molecule has 6 nitrogen and oxygen atoms in total. The van der Waals surface area contributed by atoms with Crippen LogP contribution in [0.1, 0.15) is 59.6 Å². The second kappa shape index (κ2) is 10.7. The topological polar surface area (TPSA) is 81.7 Å². The number of hydrogen-bond acceptors (Lipinski definition) is 6. The molecule has 1 amide bonds. The van der Waals surface area contributed by atoms with Gasteiger partial charge in [0.15, 0.2) is 5.12 Å². The third-order valence-electron chi connectivity index (χ3n) is 3.48. The Morgan fingerprint density at radius 3 is 1.93 bits per heavy atom. The van der Waals surface area contributed by atoms with Crippen LogP contribution in [0.5, 0.6) is 0 Å². The molecule has 1 atom stereocenters. The van der Waals surface area contributed by atoms with Gasteiger partial charge in [-0.05, 0) is 59.1 Å². The van der Waals surface area contributed by atoms with E-state index in [2.05, 4.69) is 5.32 Å². The molecule has 1 unspecified atom stereocenters. The van der Waals surface area contributed by atoms with Gasteiger partial charge in [-0.3, -0.25) is 9.59 Å². The molecule has 1 aromatic rings. The number of rotatable bonds is 7. The Hall–Kier alpha value is -2.02. The van der Waals surface area contributed by atoms with Crippen LogP contribution in [0.2, 0.25) is 0 Å². The van der Waals surface area contributed by atoms with Gasteiger partial charge in [-0.2, -0.15) is 0 Å². The molecule has 0 spiro atoms. The fourth-order valence-corrected chi connectivity index (χ4v) is 3.10. The van der Waals surface area contributed by atoms with Gasteiger partial charge in [0, 0.05) is 18.7 Å². The second-order valence-electron chi connectivity index (χ2n) is 8.93. The van der Waals surface area contributed by atoms with Gasteiger partial charge in [0.1, 0.15) is 11.2 Å². The molecule has 7 heteroatoms. The molecule has 0 radical (unpaired) electrons. The summed E-state index contributed by atoms with van der Waals surface area (Å²) in [5.74, 6) is 0.182. The summed E-state index contributed by atoms with van der Waals surface area (Å²) in [6.07, 6.45) is 0.247. The molecule has 0 saturated carbocycles. The van der Waals surface area contributed by atoms with Crippen molar-refractivity contribution in [2.24, 2.45) is 0 Å². The minimum absolute atomic E-state index is 0.00584. The van der Waals surface area contributed by atoms with Crippen LogP contribution in [-0.4, -0.2) is 40.2 Å². The van der Waals surface area contributed by atoms with E-state index in [1.54, 1.807) is 20.8 Å². The quantitative estimate of drug-likeness (QED) is 0.659. The molecular weight excluding hydrogens is 390 g/mol. The monoisotopic (exact) mass is 423 g/mol. The van der Waals surface area contributed by atoms with E-state index in [1.807, 2.05) is 45.0 Å². The number of carbonyl (C=O) groups excluding carboxylic acids is 3. The first-order chi connectivity index (χ1) is 13.2. The van der Waals surface area contributed by atoms with Gasteiger partial charge in [-0.1, -0.05) is 36.0 Å². The molecule has 1 N–H and O–H groups in total. The Balaban J connectivity index is 2.73. The largest absolute Gasteiger partial charge is 0.460 e. The highest BCUT2D eigenvalue weighted by Gasteiger charge is 2.21. The maximum Gasteiger partial charge on any atom is 0.407 e. The maximum atomic E-state index is 12.1. The number of thioether (sulfide) groups is 1. The van der Waals surface area contributed by atoms with Crippen molar-refractivity contribution in [1.29, 1.82) is 0 Å². The van der Waals surface area contributed by atoms with E-state index in [0.717, 1.165) is 11.1 Å². The highest BCUT2D eigenvalue weighted by molar-refractivity contribution is 8.13. The van der Waals surface area contributed by atoms with E-state index in [1.165, 1.54) is 18.7 Å².